The van der Waals surface area contributed by atoms with Gasteiger partial charge in [-0.15, -0.1) is 0 Å². The predicted molar refractivity (Wildman–Crippen MR) is 90.0 cm³/mol. The van der Waals surface area contributed by atoms with Crippen molar-refractivity contribution in [1.29, 1.82) is 0 Å². The van der Waals surface area contributed by atoms with Crippen LogP contribution in [0.4, 0.5) is 4.39 Å². The number of para-hydroxylation sites is 2. The number of amides is 1. The van der Waals surface area contributed by atoms with Crippen LogP contribution in [0.5, 0.6) is 11.5 Å². The number of rotatable bonds is 5. The number of aliphatic hydroxyl groups excluding tert-OH is 1. The van der Waals surface area contributed by atoms with Gasteiger partial charge in [-0.05, 0) is 36.2 Å². The second-order valence-corrected chi connectivity index (χ2v) is 5.95. The lowest BCUT2D eigenvalue weighted by atomic mass is 10.0. The summed E-state index contributed by atoms with van der Waals surface area (Å²) in [5.74, 6) is 0.382. The highest BCUT2D eigenvalue weighted by Crippen LogP contribution is 2.33. The molecule has 1 aliphatic rings. The maximum Gasteiger partial charge on any atom is 0.261 e. The van der Waals surface area contributed by atoms with Crippen LogP contribution in [0.25, 0.3) is 0 Å². The van der Waals surface area contributed by atoms with E-state index in [1.807, 2.05) is 6.07 Å². The zero-order valence-electron chi connectivity index (χ0n) is 13.9. The van der Waals surface area contributed by atoms with Crippen molar-refractivity contribution in [1.82, 2.24) is 4.90 Å². The monoisotopic (exact) mass is 345 g/mol. The summed E-state index contributed by atoms with van der Waals surface area (Å²) in [5.41, 5.74) is 0.669. The quantitative estimate of drug-likeness (QED) is 0.905. The molecule has 1 N–H and O–H groups in total. The van der Waals surface area contributed by atoms with Gasteiger partial charge in [0.2, 0.25) is 0 Å². The van der Waals surface area contributed by atoms with Crippen molar-refractivity contribution in [2.24, 2.45) is 0 Å². The molecule has 2 aromatic rings. The van der Waals surface area contributed by atoms with E-state index in [0.717, 1.165) is 0 Å². The number of aliphatic hydroxyl groups is 1. The Morgan fingerprint density at radius 1 is 1.24 bits per heavy atom. The van der Waals surface area contributed by atoms with Gasteiger partial charge in [0, 0.05) is 6.54 Å². The van der Waals surface area contributed by atoms with Gasteiger partial charge >= 0.3 is 0 Å². The standard InChI is InChI=1S/C19H20FNO4/c1-24-17-7-2-3-8-18(17)25-12-19(23)21-11-15(22)10-16(21)13-5-4-6-14(20)9-13/h2-9,15-16,22H,10-12H2,1H3/t15-,16-/m0/s1. The first-order valence-electron chi connectivity index (χ1n) is 8.07. The van der Waals surface area contributed by atoms with Crippen molar-refractivity contribution >= 4 is 5.91 Å². The summed E-state index contributed by atoms with van der Waals surface area (Å²) in [7, 11) is 1.53. The molecule has 3 rings (SSSR count). The Kier molecular flexibility index (Phi) is 5.19. The topological polar surface area (TPSA) is 59.0 Å². The summed E-state index contributed by atoms with van der Waals surface area (Å²) in [6, 6.07) is 12.8. The molecule has 0 radical (unpaired) electrons. The Morgan fingerprint density at radius 2 is 2.00 bits per heavy atom. The number of carbonyl (C=O) groups is 1. The van der Waals surface area contributed by atoms with Crippen LogP contribution >= 0.6 is 0 Å². The fourth-order valence-electron chi connectivity index (χ4n) is 3.08. The molecule has 2 aromatic carbocycles. The van der Waals surface area contributed by atoms with Crippen molar-refractivity contribution in [3.8, 4) is 11.5 Å². The van der Waals surface area contributed by atoms with Gasteiger partial charge in [0.15, 0.2) is 18.1 Å². The molecule has 0 spiro atoms. The predicted octanol–water partition coefficient (Wildman–Crippen LogP) is 2.55. The number of benzene rings is 2. The van der Waals surface area contributed by atoms with E-state index in [9.17, 15) is 14.3 Å². The minimum absolute atomic E-state index is 0.182. The molecule has 0 bridgehead atoms. The Morgan fingerprint density at radius 3 is 2.72 bits per heavy atom. The van der Waals surface area contributed by atoms with E-state index in [1.54, 1.807) is 30.3 Å². The van der Waals surface area contributed by atoms with Crippen LogP contribution < -0.4 is 9.47 Å². The van der Waals surface area contributed by atoms with Gasteiger partial charge in [-0.1, -0.05) is 24.3 Å². The Labute approximate surface area is 145 Å². The molecule has 1 fully saturated rings. The van der Waals surface area contributed by atoms with Crippen LogP contribution in [0.1, 0.15) is 18.0 Å². The lowest BCUT2D eigenvalue weighted by Crippen LogP contribution is -2.35. The molecule has 1 saturated heterocycles. The summed E-state index contributed by atoms with van der Waals surface area (Å²) in [4.78, 5) is 14.1. The zero-order chi connectivity index (χ0) is 17.8. The number of nitrogens with zero attached hydrogens (tertiary/aromatic N) is 1. The molecule has 0 aromatic heterocycles. The van der Waals surface area contributed by atoms with Gasteiger partial charge in [0.05, 0.1) is 19.3 Å². The molecule has 0 saturated carbocycles. The highest BCUT2D eigenvalue weighted by Gasteiger charge is 2.35. The van der Waals surface area contributed by atoms with E-state index in [0.29, 0.717) is 23.5 Å². The molecule has 25 heavy (non-hydrogen) atoms. The second kappa shape index (κ2) is 7.53. The molecule has 1 aliphatic heterocycles. The van der Waals surface area contributed by atoms with Gasteiger partial charge < -0.3 is 19.5 Å². The average molecular weight is 345 g/mol. The van der Waals surface area contributed by atoms with Crippen LogP contribution in [0, 0.1) is 5.82 Å². The second-order valence-electron chi connectivity index (χ2n) is 5.95. The molecule has 132 valence electrons. The van der Waals surface area contributed by atoms with E-state index in [1.165, 1.54) is 24.1 Å². The van der Waals surface area contributed by atoms with Gasteiger partial charge in [0.25, 0.3) is 5.91 Å². The largest absolute Gasteiger partial charge is 0.493 e. The summed E-state index contributed by atoms with van der Waals surface area (Å²) >= 11 is 0. The fraction of sp³-hybridized carbons (Fsp3) is 0.316. The fourth-order valence-corrected chi connectivity index (χ4v) is 3.08. The van der Waals surface area contributed by atoms with Gasteiger partial charge in [-0.25, -0.2) is 4.39 Å². The molecule has 5 nitrogen and oxygen atoms in total. The normalized spacial score (nSPS) is 19.7. The maximum absolute atomic E-state index is 13.5. The zero-order valence-corrected chi connectivity index (χ0v) is 13.9. The van der Waals surface area contributed by atoms with Crippen molar-refractivity contribution in [2.75, 3.05) is 20.3 Å². The number of β-amino-alcohol motifs (C(OH)–C–C–N with tert-alkyl or cyclic N) is 1. The highest BCUT2D eigenvalue weighted by molar-refractivity contribution is 5.78. The Hall–Kier alpha value is -2.60. The van der Waals surface area contributed by atoms with Gasteiger partial charge in [-0.3, -0.25) is 4.79 Å². The molecule has 2 atom stereocenters. The molecule has 1 amide bonds. The van der Waals surface area contributed by atoms with Gasteiger partial charge in [0.1, 0.15) is 5.82 Å². The lowest BCUT2D eigenvalue weighted by Gasteiger charge is -2.25. The number of halogens is 1. The van der Waals surface area contributed by atoms with Gasteiger partial charge in [-0.2, -0.15) is 0 Å². The third-order valence-electron chi connectivity index (χ3n) is 4.25. The molecule has 0 unspecified atom stereocenters. The van der Waals surface area contributed by atoms with E-state index in [4.69, 9.17) is 9.47 Å². The Balaban J connectivity index is 1.71. The number of ether oxygens (including phenoxy) is 2. The first kappa shape index (κ1) is 17.2. The number of likely N-dealkylation sites (tertiary alicyclic amines) is 1. The van der Waals surface area contributed by atoms with Crippen molar-refractivity contribution in [3.05, 3.63) is 59.9 Å². The van der Waals surface area contributed by atoms with Crippen LogP contribution in [0.15, 0.2) is 48.5 Å². The average Bonchev–Trinajstić information content (AvgIpc) is 3.02. The minimum Gasteiger partial charge on any atom is -0.493 e. The van der Waals surface area contributed by atoms with E-state index in [2.05, 4.69) is 0 Å². The smallest absolute Gasteiger partial charge is 0.261 e. The highest BCUT2D eigenvalue weighted by atomic mass is 19.1. The van der Waals surface area contributed by atoms with Crippen LogP contribution in [-0.4, -0.2) is 42.3 Å². The number of methoxy groups -OCH3 is 1. The first-order valence-corrected chi connectivity index (χ1v) is 8.07. The summed E-state index contributed by atoms with van der Waals surface area (Å²) in [6.45, 7) is 0.0220. The van der Waals surface area contributed by atoms with Crippen LogP contribution in [-0.2, 0) is 4.79 Å². The number of hydrogen-bond donors (Lipinski definition) is 1. The first-order chi connectivity index (χ1) is 12.1. The van der Waals surface area contributed by atoms with Crippen LogP contribution in [0.3, 0.4) is 0 Å². The van der Waals surface area contributed by atoms with Crippen molar-refractivity contribution in [2.45, 2.75) is 18.6 Å². The maximum atomic E-state index is 13.5. The third kappa shape index (κ3) is 3.91. The summed E-state index contributed by atoms with van der Waals surface area (Å²) < 4.78 is 24.3. The molecular weight excluding hydrogens is 325 g/mol. The summed E-state index contributed by atoms with van der Waals surface area (Å²) in [6.07, 6.45) is -0.257. The number of hydrogen-bond acceptors (Lipinski definition) is 4. The molecule has 0 aliphatic carbocycles. The number of carbonyl (C=O) groups excluding carboxylic acids is 1. The van der Waals surface area contributed by atoms with E-state index < -0.39 is 6.10 Å². The van der Waals surface area contributed by atoms with E-state index in [-0.39, 0.29) is 30.9 Å². The lowest BCUT2D eigenvalue weighted by molar-refractivity contribution is -0.134. The molecular formula is C19H20FNO4. The summed E-state index contributed by atoms with van der Waals surface area (Å²) in [5, 5.41) is 9.97. The van der Waals surface area contributed by atoms with Crippen molar-refractivity contribution < 1.29 is 23.8 Å². The Bertz CT molecular complexity index is 752. The van der Waals surface area contributed by atoms with Crippen molar-refractivity contribution in [3.63, 3.8) is 0 Å². The van der Waals surface area contributed by atoms with Crippen LogP contribution in [0.2, 0.25) is 0 Å². The molecule has 1 heterocycles. The molecule has 6 heteroatoms. The third-order valence-corrected chi connectivity index (χ3v) is 4.25. The minimum atomic E-state index is -0.636. The van der Waals surface area contributed by atoms with E-state index >= 15 is 0 Å². The SMILES string of the molecule is COc1ccccc1OCC(=O)N1C[C@@H](O)C[C@H]1c1cccc(F)c1.